The standard InChI is InChI=1S/C17H28O/c1-4-17(18)14-12-10-8-6-5-7-9-11-13-16(17)15(2)3/h1,16,18H,2,5-14H2,3H3. The third-order valence-electron chi connectivity index (χ3n) is 4.22. The van der Waals surface area contributed by atoms with E-state index in [1.807, 2.05) is 6.92 Å². The van der Waals surface area contributed by atoms with Crippen LogP contribution in [0.2, 0.25) is 0 Å². The predicted octanol–water partition coefficient (Wildman–Crippen LogP) is 4.46. The maximum Gasteiger partial charge on any atom is 0.131 e. The summed E-state index contributed by atoms with van der Waals surface area (Å²) in [5.41, 5.74) is 0.0675. The molecule has 0 radical (unpaired) electrons. The molecule has 1 fully saturated rings. The van der Waals surface area contributed by atoms with E-state index in [1.54, 1.807) is 0 Å². The average molecular weight is 248 g/mol. The summed E-state index contributed by atoms with van der Waals surface area (Å²) in [6, 6.07) is 0. The second-order valence-electron chi connectivity index (χ2n) is 5.83. The molecule has 0 amide bonds. The van der Waals surface area contributed by atoms with Crippen LogP contribution in [0.5, 0.6) is 0 Å². The molecule has 1 N–H and O–H groups in total. The molecule has 1 heteroatoms. The number of hydrogen-bond acceptors (Lipinski definition) is 1. The van der Waals surface area contributed by atoms with Crippen LogP contribution in [0.15, 0.2) is 12.2 Å². The molecular weight excluding hydrogens is 220 g/mol. The Kier molecular flexibility index (Phi) is 6.50. The van der Waals surface area contributed by atoms with Crippen molar-refractivity contribution >= 4 is 0 Å². The van der Waals surface area contributed by atoms with Gasteiger partial charge in [0.15, 0.2) is 0 Å². The van der Waals surface area contributed by atoms with Gasteiger partial charge in [0.05, 0.1) is 0 Å². The van der Waals surface area contributed by atoms with Gasteiger partial charge >= 0.3 is 0 Å². The fourth-order valence-electron chi connectivity index (χ4n) is 3.04. The fraction of sp³-hybridized carbons (Fsp3) is 0.765. The summed E-state index contributed by atoms with van der Waals surface area (Å²) in [6.45, 7) is 6.03. The van der Waals surface area contributed by atoms with E-state index in [-0.39, 0.29) is 5.92 Å². The van der Waals surface area contributed by atoms with Crippen LogP contribution in [-0.2, 0) is 0 Å². The minimum absolute atomic E-state index is 0.0712. The summed E-state index contributed by atoms with van der Waals surface area (Å²) in [5, 5.41) is 10.7. The highest BCUT2D eigenvalue weighted by atomic mass is 16.3. The first-order valence-corrected chi connectivity index (χ1v) is 7.45. The third-order valence-corrected chi connectivity index (χ3v) is 4.22. The fourth-order valence-corrected chi connectivity index (χ4v) is 3.04. The van der Waals surface area contributed by atoms with Gasteiger partial charge < -0.3 is 5.11 Å². The van der Waals surface area contributed by atoms with Gasteiger partial charge in [-0.1, -0.05) is 63.0 Å². The van der Waals surface area contributed by atoms with Crippen molar-refractivity contribution in [1.82, 2.24) is 0 Å². The van der Waals surface area contributed by atoms with Crippen molar-refractivity contribution in [2.45, 2.75) is 76.7 Å². The lowest BCUT2D eigenvalue weighted by Gasteiger charge is -2.33. The van der Waals surface area contributed by atoms with Crippen molar-refractivity contribution < 1.29 is 5.11 Å². The Morgan fingerprint density at radius 3 is 2.11 bits per heavy atom. The monoisotopic (exact) mass is 248 g/mol. The van der Waals surface area contributed by atoms with Crippen molar-refractivity contribution in [2.75, 3.05) is 0 Å². The maximum atomic E-state index is 10.7. The smallest absolute Gasteiger partial charge is 0.131 e. The minimum Gasteiger partial charge on any atom is -0.377 e. The van der Waals surface area contributed by atoms with E-state index < -0.39 is 5.60 Å². The number of aliphatic hydroxyl groups is 1. The van der Waals surface area contributed by atoms with E-state index >= 15 is 0 Å². The zero-order valence-electron chi connectivity index (χ0n) is 11.9. The van der Waals surface area contributed by atoms with Crippen LogP contribution in [0.25, 0.3) is 0 Å². The molecule has 2 atom stereocenters. The first kappa shape index (κ1) is 15.3. The summed E-state index contributed by atoms with van der Waals surface area (Å²) in [6.07, 6.45) is 17.2. The van der Waals surface area contributed by atoms with Crippen molar-refractivity contribution in [1.29, 1.82) is 0 Å². The van der Waals surface area contributed by atoms with E-state index in [4.69, 9.17) is 6.42 Å². The quantitative estimate of drug-likeness (QED) is 0.536. The van der Waals surface area contributed by atoms with Gasteiger partial charge in [0, 0.05) is 5.92 Å². The molecule has 102 valence electrons. The molecular formula is C17H28O. The normalized spacial score (nSPS) is 31.7. The van der Waals surface area contributed by atoms with Crippen LogP contribution in [0, 0.1) is 18.3 Å². The molecule has 0 aromatic heterocycles. The molecule has 0 saturated heterocycles. The highest BCUT2D eigenvalue weighted by Crippen LogP contribution is 2.33. The van der Waals surface area contributed by atoms with Crippen LogP contribution in [0.1, 0.15) is 71.1 Å². The summed E-state index contributed by atoms with van der Waals surface area (Å²) >= 11 is 0. The lowest BCUT2D eigenvalue weighted by molar-refractivity contribution is 0.0372. The number of rotatable bonds is 1. The molecule has 1 saturated carbocycles. The molecule has 1 nitrogen and oxygen atoms in total. The SMILES string of the molecule is C#CC1(O)CCCCCCCCCCC1C(=C)C. The van der Waals surface area contributed by atoms with Gasteiger partial charge in [-0.15, -0.1) is 6.42 Å². The third kappa shape index (κ3) is 4.50. The molecule has 1 aliphatic rings. The topological polar surface area (TPSA) is 20.2 Å². The van der Waals surface area contributed by atoms with E-state index in [0.717, 1.165) is 31.3 Å². The predicted molar refractivity (Wildman–Crippen MR) is 78.3 cm³/mol. The van der Waals surface area contributed by atoms with Gasteiger partial charge in [-0.2, -0.15) is 0 Å². The molecule has 0 aromatic rings. The van der Waals surface area contributed by atoms with Crippen LogP contribution in [0.4, 0.5) is 0 Å². The first-order chi connectivity index (χ1) is 8.60. The van der Waals surface area contributed by atoms with Crippen molar-refractivity contribution in [3.05, 3.63) is 12.2 Å². The Morgan fingerprint density at radius 1 is 1.11 bits per heavy atom. The van der Waals surface area contributed by atoms with Gasteiger partial charge in [0.2, 0.25) is 0 Å². The summed E-state index contributed by atoms with van der Waals surface area (Å²) < 4.78 is 0. The van der Waals surface area contributed by atoms with E-state index in [0.29, 0.717) is 0 Å². The molecule has 0 aliphatic heterocycles. The van der Waals surface area contributed by atoms with Crippen molar-refractivity contribution in [3.63, 3.8) is 0 Å². The molecule has 0 bridgehead atoms. The second-order valence-corrected chi connectivity index (χ2v) is 5.83. The Morgan fingerprint density at radius 2 is 1.61 bits per heavy atom. The number of hydrogen-bond donors (Lipinski definition) is 1. The molecule has 18 heavy (non-hydrogen) atoms. The largest absolute Gasteiger partial charge is 0.377 e. The Hall–Kier alpha value is -0.740. The second kappa shape index (κ2) is 7.64. The molecule has 0 spiro atoms. The zero-order valence-corrected chi connectivity index (χ0v) is 11.9. The van der Waals surface area contributed by atoms with E-state index in [1.165, 1.54) is 38.5 Å². The van der Waals surface area contributed by atoms with Crippen molar-refractivity contribution in [2.24, 2.45) is 5.92 Å². The van der Waals surface area contributed by atoms with Crippen LogP contribution in [0.3, 0.4) is 0 Å². The summed E-state index contributed by atoms with van der Waals surface area (Å²) in [5.74, 6) is 2.73. The Bertz CT molecular complexity index is 299. The average Bonchev–Trinajstić information content (AvgIpc) is 2.33. The highest BCUT2D eigenvalue weighted by molar-refractivity contribution is 5.18. The van der Waals surface area contributed by atoms with E-state index in [9.17, 15) is 5.11 Å². The van der Waals surface area contributed by atoms with Gasteiger partial charge in [0.25, 0.3) is 0 Å². The van der Waals surface area contributed by atoms with Gasteiger partial charge in [-0.05, 0) is 26.2 Å². The van der Waals surface area contributed by atoms with Crippen LogP contribution >= 0.6 is 0 Å². The summed E-state index contributed by atoms with van der Waals surface area (Å²) in [4.78, 5) is 0. The molecule has 0 aromatic carbocycles. The number of terminal acetylenes is 1. The minimum atomic E-state index is -0.967. The van der Waals surface area contributed by atoms with Crippen molar-refractivity contribution in [3.8, 4) is 12.3 Å². The van der Waals surface area contributed by atoms with Crippen LogP contribution < -0.4 is 0 Å². The summed E-state index contributed by atoms with van der Waals surface area (Å²) in [7, 11) is 0. The lowest BCUT2D eigenvalue weighted by Crippen LogP contribution is -2.37. The van der Waals surface area contributed by atoms with Gasteiger partial charge in [-0.25, -0.2) is 0 Å². The van der Waals surface area contributed by atoms with Gasteiger partial charge in [0.1, 0.15) is 5.60 Å². The molecule has 1 aliphatic carbocycles. The van der Waals surface area contributed by atoms with E-state index in [2.05, 4.69) is 12.5 Å². The highest BCUT2D eigenvalue weighted by Gasteiger charge is 2.34. The first-order valence-electron chi connectivity index (χ1n) is 7.45. The Balaban J connectivity index is 2.72. The lowest BCUT2D eigenvalue weighted by atomic mass is 9.76. The molecule has 2 unspecified atom stereocenters. The van der Waals surface area contributed by atoms with Crippen LogP contribution in [-0.4, -0.2) is 10.7 Å². The molecule has 1 rings (SSSR count). The zero-order chi connectivity index (χ0) is 13.4. The Labute approximate surface area is 113 Å². The van der Waals surface area contributed by atoms with Gasteiger partial charge in [-0.3, -0.25) is 0 Å². The maximum absolute atomic E-state index is 10.7. The molecule has 0 heterocycles.